The Morgan fingerprint density at radius 2 is 2.47 bits per heavy atom. The molecule has 0 aliphatic carbocycles. The van der Waals surface area contributed by atoms with E-state index >= 15 is 0 Å². The number of alkyl halides is 1. The Morgan fingerprint density at radius 3 is 3.00 bits per heavy atom. The van der Waals surface area contributed by atoms with Crippen molar-refractivity contribution < 1.29 is 9.53 Å². The van der Waals surface area contributed by atoms with Gasteiger partial charge >= 0.3 is 0 Å². The van der Waals surface area contributed by atoms with Crippen LogP contribution in [0.15, 0.2) is 0 Å². The van der Waals surface area contributed by atoms with Gasteiger partial charge in [0.2, 0.25) is 5.91 Å². The number of carbonyl (C=O) groups excluding carboxylic acids is 1. The van der Waals surface area contributed by atoms with Crippen LogP contribution in [0.1, 0.15) is 26.2 Å². The fraction of sp³-hybridized carbons (Fsp3) is 0.909. The first-order valence-corrected chi connectivity index (χ1v) is 6.22. The van der Waals surface area contributed by atoms with Crippen LogP contribution in [0.5, 0.6) is 0 Å². The Morgan fingerprint density at radius 1 is 1.67 bits per heavy atom. The minimum atomic E-state index is 0.0681. The van der Waals surface area contributed by atoms with E-state index in [-0.39, 0.29) is 11.8 Å². The molecular weight excluding hydrogens is 214 g/mol. The van der Waals surface area contributed by atoms with Crippen LogP contribution in [0.3, 0.4) is 0 Å². The molecule has 0 bridgehead atoms. The highest BCUT2D eigenvalue weighted by molar-refractivity contribution is 6.17. The molecule has 2 unspecified atom stereocenters. The minimum Gasteiger partial charge on any atom is -0.381 e. The first kappa shape index (κ1) is 12.8. The summed E-state index contributed by atoms with van der Waals surface area (Å²) in [6.45, 7) is 4.18. The molecule has 1 fully saturated rings. The minimum absolute atomic E-state index is 0.0681. The summed E-state index contributed by atoms with van der Waals surface area (Å²) in [5, 5.41) is 2.98. The van der Waals surface area contributed by atoms with Crippen LogP contribution in [0.4, 0.5) is 0 Å². The summed E-state index contributed by atoms with van der Waals surface area (Å²) in [5.74, 6) is 1.38. The van der Waals surface area contributed by atoms with Crippen LogP contribution in [0.2, 0.25) is 0 Å². The van der Waals surface area contributed by atoms with E-state index in [0.717, 1.165) is 32.4 Å². The van der Waals surface area contributed by atoms with Gasteiger partial charge in [0.1, 0.15) is 0 Å². The van der Waals surface area contributed by atoms with Crippen LogP contribution in [0, 0.1) is 11.8 Å². The molecule has 3 nitrogen and oxygen atoms in total. The molecule has 1 aliphatic rings. The third kappa shape index (κ3) is 4.39. The molecule has 1 rings (SSSR count). The van der Waals surface area contributed by atoms with Gasteiger partial charge in [-0.15, -0.1) is 11.6 Å². The second-order valence-electron chi connectivity index (χ2n) is 4.06. The van der Waals surface area contributed by atoms with Crippen LogP contribution in [-0.2, 0) is 9.53 Å². The average molecular weight is 234 g/mol. The lowest BCUT2D eigenvalue weighted by Gasteiger charge is -2.15. The first-order chi connectivity index (χ1) is 7.27. The van der Waals surface area contributed by atoms with Crippen molar-refractivity contribution in [3.05, 3.63) is 0 Å². The van der Waals surface area contributed by atoms with E-state index < -0.39 is 0 Å². The number of amides is 1. The zero-order valence-corrected chi connectivity index (χ0v) is 10.1. The average Bonchev–Trinajstić information content (AvgIpc) is 2.77. The molecule has 88 valence electrons. The lowest BCUT2D eigenvalue weighted by Crippen LogP contribution is -2.34. The van der Waals surface area contributed by atoms with Crippen LogP contribution < -0.4 is 5.32 Å². The molecule has 1 aliphatic heterocycles. The maximum absolute atomic E-state index is 11.6. The van der Waals surface area contributed by atoms with Crippen molar-refractivity contribution in [1.82, 2.24) is 5.32 Å². The van der Waals surface area contributed by atoms with E-state index in [0.29, 0.717) is 18.4 Å². The quantitative estimate of drug-likeness (QED) is 0.711. The third-order valence-corrected chi connectivity index (χ3v) is 3.18. The number of carbonyl (C=O) groups is 1. The Labute approximate surface area is 96.5 Å². The van der Waals surface area contributed by atoms with Gasteiger partial charge in [-0.1, -0.05) is 13.3 Å². The highest BCUT2D eigenvalue weighted by Gasteiger charge is 2.23. The molecule has 0 saturated carbocycles. The number of hydrogen-bond donors (Lipinski definition) is 1. The summed E-state index contributed by atoms with van der Waals surface area (Å²) in [5.41, 5.74) is 0. The van der Waals surface area contributed by atoms with Crippen molar-refractivity contribution in [3.8, 4) is 0 Å². The molecule has 15 heavy (non-hydrogen) atoms. The maximum atomic E-state index is 11.6. The normalized spacial score (nSPS) is 22.7. The van der Waals surface area contributed by atoms with Gasteiger partial charge in [-0.05, 0) is 18.8 Å². The summed E-state index contributed by atoms with van der Waals surface area (Å²) in [7, 11) is 0. The monoisotopic (exact) mass is 233 g/mol. The van der Waals surface area contributed by atoms with Crippen LogP contribution in [0.25, 0.3) is 0 Å². The number of hydrogen-bond acceptors (Lipinski definition) is 2. The molecular formula is C11H20ClNO2. The van der Waals surface area contributed by atoms with Crippen molar-refractivity contribution in [2.24, 2.45) is 11.8 Å². The molecule has 4 heteroatoms. The van der Waals surface area contributed by atoms with Crippen molar-refractivity contribution >= 4 is 17.5 Å². The fourth-order valence-corrected chi connectivity index (χ4v) is 2.04. The molecule has 1 saturated heterocycles. The molecule has 0 radical (unpaired) electrons. The van der Waals surface area contributed by atoms with Crippen LogP contribution in [-0.4, -0.2) is 31.5 Å². The van der Waals surface area contributed by atoms with Gasteiger partial charge in [-0.25, -0.2) is 0 Å². The SMILES string of the molecule is CCC(CCCl)CNC(=O)C1CCOC1. The predicted octanol–water partition coefficient (Wildman–Crippen LogP) is 1.79. The van der Waals surface area contributed by atoms with Crippen molar-refractivity contribution in [2.45, 2.75) is 26.2 Å². The van der Waals surface area contributed by atoms with E-state index in [2.05, 4.69) is 12.2 Å². The lowest BCUT2D eigenvalue weighted by molar-refractivity contribution is -0.125. The van der Waals surface area contributed by atoms with E-state index in [1.54, 1.807) is 0 Å². The maximum Gasteiger partial charge on any atom is 0.225 e. The zero-order valence-electron chi connectivity index (χ0n) is 9.30. The highest BCUT2D eigenvalue weighted by atomic mass is 35.5. The molecule has 2 atom stereocenters. The van der Waals surface area contributed by atoms with Gasteiger partial charge in [-0.3, -0.25) is 4.79 Å². The van der Waals surface area contributed by atoms with E-state index in [1.165, 1.54) is 0 Å². The van der Waals surface area contributed by atoms with Crippen LogP contribution >= 0.6 is 11.6 Å². The van der Waals surface area contributed by atoms with Crippen molar-refractivity contribution in [3.63, 3.8) is 0 Å². The van der Waals surface area contributed by atoms with E-state index in [9.17, 15) is 4.79 Å². The Balaban J connectivity index is 2.19. The van der Waals surface area contributed by atoms with Gasteiger partial charge in [0, 0.05) is 19.0 Å². The smallest absolute Gasteiger partial charge is 0.225 e. The molecule has 0 aromatic carbocycles. The molecule has 0 aromatic rings. The predicted molar refractivity (Wildman–Crippen MR) is 61.1 cm³/mol. The van der Waals surface area contributed by atoms with Gasteiger partial charge in [0.05, 0.1) is 12.5 Å². The first-order valence-electron chi connectivity index (χ1n) is 5.69. The van der Waals surface area contributed by atoms with Gasteiger partial charge in [0.25, 0.3) is 0 Å². The number of rotatable bonds is 6. The summed E-state index contributed by atoms with van der Waals surface area (Å²) in [6.07, 6.45) is 2.89. The van der Waals surface area contributed by atoms with E-state index in [4.69, 9.17) is 16.3 Å². The summed E-state index contributed by atoms with van der Waals surface area (Å²) < 4.78 is 5.18. The Hall–Kier alpha value is -0.280. The Bertz CT molecular complexity index is 193. The van der Waals surface area contributed by atoms with Crippen molar-refractivity contribution in [1.29, 1.82) is 0 Å². The number of ether oxygens (including phenoxy) is 1. The third-order valence-electron chi connectivity index (χ3n) is 2.96. The summed E-state index contributed by atoms with van der Waals surface area (Å²) in [6, 6.07) is 0. The molecule has 0 aromatic heterocycles. The summed E-state index contributed by atoms with van der Waals surface area (Å²) >= 11 is 5.68. The zero-order chi connectivity index (χ0) is 11.1. The lowest BCUT2D eigenvalue weighted by atomic mass is 10.0. The number of halogens is 1. The van der Waals surface area contributed by atoms with Gasteiger partial charge in [0.15, 0.2) is 0 Å². The molecule has 1 amide bonds. The second-order valence-corrected chi connectivity index (χ2v) is 4.44. The van der Waals surface area contributed by atoms with Crippen molar-refractivity contribution in [2.75, 3.05) is 25.6 Å². The summed E-state index contributed by atoms with van der Waals surface area (Å²) in [4.78, 5) is 11.6. The second kappa shape index (κ2) is 7.07. The Kier molecular flexibility index (Phi) is 6.03. The van der Waals surface area contributed by atoms with Gasteiger partial charge < -0.3 is 10.1 Å². The van der Waals surface area contributed by atoms with E-state index in [1.807, 2.05) is 0 Å². The highest BCUT2D eigenvalue weighted by Crippen LogP contribution is 2.13. The number of nitrogens with one attached hydrogen (secondary N) is 1. The fourth-order valence-electron chi connectivity index (χ4n) is 1.74. The molecule has 0 spiro atoms. The molecule has 1 N–H and O–H groups in total. The van der Waals surface area contributed by atoms with Gasteiger partial charge in [-0.2, -0.15) is 0 Å². The topological polar surface area (TPSA) is 38.3 Å². The standard InChI is InChI=1S/C11H20ClNO2/c1-2-9(3-5-12)7-13-11(14)10-4-6-15-8-10/h9-10H,2-8H2,1H3,(H,13,14). The molecule has 1 heterocycles. The largest absolute Gasteiger partial charge is 0.381 e.